The topological polar surface area (TPSA) is 58.6 Å². The molecule has 0 atom stereocenters. The van der Waals surface area contributed by atoms with E-state index in [1.807, 2.05) is 31.2 Å². The first-order valence-corrected chi connectivity index (χ1v) is 7.15. The summed E-state index contributed by atoms with van der Waals surface area (Å²) < 4.78 is 4.61. The molecule has 0 aliphatic heterocycles. The average Bonchev–Trinajstić information content (AvgIpc) is 2.46. The second kappa shape index (κ2) is 8.42. The molecular formula is C16H24N2O3. The van der Waals surface area contributed by atoms with Crippen LogP contribution in [-0.4, -0.2) is 43.5 Å². The number of ether oxygens (including phenoxy) is 1. The minimum atomic E-state index is -0.342. The van der Waals surface area contributed by atoms with Gasteiger partial charge in [0.1, 0.15) is 0 Å². The van der Waals surface area contributed by atoms with E-state index in [1.54, 1.807) is 4.90 Å². The van der Waals surface area contributed by atoms with Crippen molar-refractivity contribution >= 4 is 17.6 Å². The highest BCUT2D eigenvalue weighted by molar-refractivity contribution is 5.92. The van der Waals surface area contributed by atoms with E-state index in [1.165, 1.54) is 12.7 Å². The summed E-state index contributed by atoms with van der Waals surface area (Å²) in [6.45, 7) is 7.03. The average molecular weight is 292 g/mol. The summed E-state index contributed by atoms with van der Waals surface area (Å²) in [7, 11) is 1.34. The lowest BCUT2D eigenvalue weighted by atomic mass is 10.0. The molecule has 0 aliphatic rings. The van der Waals surface area contributed by atoms with Gasteiger partial charge in [-0.05, 0) is 30.2 Å². The molecule has 5 nitrogen and oxygen atoms in total. The summed E-state index contributed by atoms with van der Waals surface area (Å²) in [6, 6.07) is 7.80. The predicted octanol–water partition coefficient (Wildman–Crippen LogP) is 2.24. The molecule has 1 N–H and O–H groups in total. The van der Waals surface area contributed by atoms with Gasteiger partial charge in [-0.15, -0.1) is 0 Å². The van der Waals surface area contributed by atoms with Crippen molar-refractivity contribution in [3.05, 3.63) is 29.8 Å². The first-order valence-electron chi connectivity index (χ1n) is 7.15. The maximum atomic E-state index is 12.0. The molecule has 0 heterocycles. The van der Waals surface area contributed by atoms with Crippen molar-refractivity contribution < 1.29 is 14.3 Å². The summed E-state index contributed by atoms with van der Waals surface area (Å²) in [5.41, 5.74) is 1.99. The van der Waals surface area contributed by atoms with Gasteiger partial charge in [-0.1, -0.05) is 32.9 Å². The van der Waals surface area contributed by atoms with Gasteiger partial charge in [-0.3, -0.25) is 14.5 Å². The number of nitrogens with one attached hydrogen (secondary N) is 1. The number of amides is 1. The summed E-state index contributed by atoms with van der Waals surface area (Å²) >= 11 is 0. The quantitative estimate of drug-likeness (QED) is 0.783. The Balaban J connectivity index is 2.53. The van der Waals surface area contributed by atoms with Crippen molar-refractivity contribution in [2.24, 2.45) is 0 Å². The van der Waals surface area contributed by atoms with Crippen LogP contribution in [0.4, 0.5) is 5.69 Å². The van der Waals surface area contributed by atoms with E-state index in [0.29, 0.717) is 12.5 Å². The van der Waals surface area contributed by atoms with Crippen molar-refractivity contribution in [1.29, 1.82) is 0 Å². The van der Waals surface area contributed by atoms with Crippen molar-refractivity contribution in [3.8, 4) is 0 Å². The van der Waals surface area contributed by atoms with E-state index in [4.69, 9.17) is 0 Å². The van der Waals surface area contributed by atoms with Crippen LogP contribution in [0.2, 0.25) is 0 Å². The standard InChI is InChI=1S/C16H24N2O3/c1-5-18(11-16(20)21-4)10-15(19)17-14-8-6-13(7-9-14)12(2)3/h6-9,12H,5,10-11H2,1-4H3,(H,17,19). The Labute approximate surface area is 126 Å². The van der Waals surface area contributed by atoms with Crippen LogP contribution >= 0.6 is 0 Å². The monoisotopic (exact) mass is 292 g/mol. The van der Waals surface area contributed by atoms with Crippen LogP contribution < -0.4 is 5.32 Å². The molecule has 0 saturated heterocycles. The van der Waals surface area contributed by atoms with Gasteiger partial charge >= 0.3 is 5.97 Å². The first-order chi connectivity index (χ1) is 9.96. The lowest BCUT2D eigenvalue weighted by Gasteiger charge is -2.18. The van der Waals surface area contributed by atoms with E-state index >= 15 is 0 Å². The van der Waals surface area contributed by atoms with Gasteiger partial charge in [0.05, 0.1) is 20.2 Å². The summed E-state index contributed by atoms with van der Waals surface area (Å²) in [6.07, 6.45) is 0. The Hall–Kier alpha value is -1.88. The minimum absolute atomic E-state index is 0.118. The molecule has 1 amide bonds. The fourth-order valence-corrected chi connectivity index (χ4v) is 1.88. The largest absolute Gasteiger partial charge is 0.468 e. The third-order valence-electron chi connectivity index (χ3n) is 3.26. The van der Waals surface area contributed by atoms with Gasteiger partial charge in [0.15, 0.2) is 0 Å². The SMILES string of the molecule is CCN(CC(=O)Nc1ccc(C(C)C)cc1)CC(=O)OC. The number of methoxy groups -OCH3 is 1. The number of hydrogen-bond acceptors (Lipinski definition) is 4. The molecule has 1 rings (SSSR count). The minimum Gasteiger partial charge on any atom is -0.468 e. The predicted molar refractivity (Wildman–Crippen MR) is 83.3 cm³/mol. The number of rotatable bonds is 7. The Morgan fingerprint density at radius 3 is 2.29 bits per heavy atom. The molecule has 21 heavy (non-hydrogen) atoms. The van der Waals surface area contributed by atoms with Gasteiger partial charge < -0.3 is 10.1 Å². The van der Waals surface area contributed by atoms with Crippen LogP contribution in [0.5, 0.6) is 0 Å². The normalized spacial score (nSPS) is 10.8. The molecule has 0 aromatic heterocycles. The summed E-state index contributed by atoms with van der Waals surface area (Å²) in [5, 5.41) is 2.83. The van der Waals surface area contributed by atoms with Crippen LogP contribution in [0.3, 0.4) is 0 Å². The van der Waals surface area contributed by atoms with E-state index in [9.17, 15) is 9.59 Å². The smallest absolute Gasteiger partial charge is 0.319 e. The fraction of sp³-hybridized carbons (Fsp3) is 0.500. The highest BCUT2D eigenvalue weighted by atomic mass is 16.5. The lowest BCUT2D eigenvalue weighted by Crippen LogP contribution is -2.37. The van der Waals surface area contributed by atoms with Gasteiger partial charge in [-0.25, -0.2) is 0 Å². The van der Waals surface area contributed by atoms with Crippen molar-refractivity contribution in [3.63, 3.8) is 0 Å². The second-order valence-corrected chi connectivity index (χ2v) is 5.20. The Morgan fingerprint density at radius 1 is 1.19 bits per heavy atom. The number of carbonyl (C=O) groups excluding carboxylic acids is 2. The zero-order chi connectivity index (χ0) is 15.8. The van der Waals surface area contributed by atoms with E-state index in [0.717, 1.165) is 5.69 Å². The fourth-order valence-electron chi connectivity index (χ4n) is 1.88. The van der Waals surface area contributed by atoms with Crippen molar-refractivity contribution in [1.82, 2.24) is 4.90 Å². The van der Waals surface area contributed by atoms with Crippen LogP contribution in [0.1, 0.15) is 32.3 Å². The number of anilines is 1. The first kappa shape index (κ1) is 17.2. The van der Waals surface area contributed by atoms with Crippen molar-refractivity contribution in [2.45, 2.75) is 26.7 Å². The van der Waals surface area contributed by atoms with Crippen LogP contribution in [-0.2, 0) is 14.3 Å². The molecule has 0 fully saturated rings. The van der Waals surface area contributed by atoms with Crippen molar-refractivity contribution in [2.75, 3.05) is 32.1 Å². The highest BCUT2D eigenvalue weighted by Crippen LogP contribution is 2.17. The van der Waals surface area contributed by atoms with Crippen LogP contribution in [0.25, 0.3) is 0 Å². The maximum absolute atomic E-state index is 12.0. The van der Waals surface area contributed by atoms with Crippen LogP contribution in [0, 0.1) is 0 Å². The van der Waals surface area contributed by atoms with Gasteiger partial charge in [-0.2, -0.15) is 0 Å². The molecule has 1 aromatic carbocycles. The number of likely N-dealkylation sites (N-methyl/N-ethyl adjacent to an activating group) is 1. The molecule has 116 valence electrons. The highest BCUT2D eigenvalue weighted by Gasteiger charge is 2.13. The molecule has 0 aliphatic carbocycles. The zero-order valence-electron chi connectivity index (χ0n) is 13.2. The van der Waals surface area contributed by atoms with Gasteiger partial charge in [0, 0.05) is 5.69 Å². The number of carbonyl (C=O) groups is 2. The Morgan fingerprint density at radius 2 is 1.81 bits per heavy atom. The lowest BCUT2D eigenvalue weighted by molar-refractivity contribution is -0.142. The van der Waals surface area contributed by atoms with Gasteiger partial charge in [0.25, 0.3) is 0 Å². The van der Waals surface area contributed by atoms with E-state index < -0.39 is 0 Å². The number of nitrogens with zero attached hydrogens (tertiary/aromatic N) is 1. The Bertz CT molecular complexity index is 469. The molecule has 0 spiro atoms. The van der Waals surface area contributed by atoms with E-state index in [2.05, 4.69) is 23.9 Å². The molecule has 5 heteroatoms. The third kappa shape index (κ3) is 5.95. The molecule has 0 unspecified atom stereocenters. The number of benzene rings is 1. The zero-order valence-corrected chi connectivity index (χ0v) is 13.2. The number of esters is 1. The van der Waals surface area contributed by atoms with E-state index in [-0.39, 0.29) is 25.0 Å². The molecule has 1 aromatic rings. The molecule has 0 radical (unpaired) electrons. The third-order valence-corrected chi connectivity index (χ3v) is 3.26. The molecule has 0 saturated carbocycles. The maximum Gasteiger partial charge on any atom is 0.319 e. The summed E-state index contributed by atoms with van der Waals surface area (Å²) in [4.78, 5) is 24.9. The molecule has 0 bridgehead atoms. The Kier molecular flexibility index (Phi) is 6.88. The second-order valence-electron chi connectivity index (χ2n) is 5.20. The molecular weight excluding hydrogens is 268 g/mol. The number of hydrogen-bond donors (Lipinski definition) is 1. The van der Waals surface area contributed by atoms with Crippen LogP contribution in [0.15, 0.2) is 24.3 Å². The van der Waals surface area contributed by atoms with Gasteiger partial charge in [0.2, 0.25) is 5.91 Å². The summed E-state index contributed by atoms with van der Waals surface area (Å²) in [5.74, 6) is -0.0191.